The van der Waals surface area contributed by atoms with Gasteiger partial charge in [-0.3, -0.25) is 4.79 Å². The third-order valence-electron chi connectivity index (χ3n) is 6.94. The van der Waals surface area contributed by atoms with Crippen molar-refractivity contribution in [1.82, 2.24) is 15.1 Å². The summed E-state index contributed by atoms with van der Waals surface area (Å²) in [4.78, 5) is 17.5. The van der Waals surface area contributed by atoms with Crippen LogP contribution in [-0.4, -0.2) is 55.0 Å². The third-order valence-corrected chi connectivity index (χ3v) is 6.94. The Labute approximate surface area is 164 Å². The van der Waals surface area contributed by atoms with Crippen molar-refractivity contribution in [2.24, 2.45) is 11.3 Å². The first-order valence-corrected chi connectivity index (χ1v) is 11.0. The summed E-state index contributed by atoms with van der Waals surface area (Å²) in [5.41, 5.74) is 3.04. The molecule has 0 saturated carbocycles. The second kappa shape index (κ2) is 8.32. The van der Waals surface area contributed by atoms with Crippen molar-refractivity contribution < 1.29 is 4.79 Å². The Balaban J connectivity index is 1.54. The van der Waals surface area contributed by atoms with E-state index in [1.54, 1.807) is 0 Å². The van der Waals surface area contributed by atoms with Crippen LogP contribution < -0.4 is 5.32 Å². The lowest BCUT2D eigenvalue weighted by Gasteiger charge is -2.45. The molecule has 1 atom stereocenters. The normalized spacial score (nSPS) is 27.4. The number of hydrogen-bond acceptors (Lipinski definition) is 3. The number of hydrogen-bond donors (Lipinski definition) is 1. The minimum atomic E-state index is 0.225. The zero-order chi connectivity index (χ0) is 18.7. The van der Waals surface area contributed by atoms with Crippen molar-refractivity contribution in [3.8, 4) is 0 Å². The van der Waals surface area contributed by atoms with E-state index in [-0.39, 0.29) is 5.41 Å². The van der Waals surface area contributed by atoms with Crippen molar-refractivity contribution in [2.45, 2.75) is 52.0 Å². The second-order valence-electron chi connectivity index (χ2n) is 9.08. The summed E-state index contributed by atoms with van der Waals surface area (Å²) in [5.74, 6) is 1.15. The third kappa shape index (κ3) is 4.38. The van der Waals surface area contributed by atoms with Crippen LogP contribution in [0.5, 0.6) is 0 Å². The number of nitrogens with one attached hydrogen (secondary N) is 1. The van der Waals surface area contributed by atoms with Gasteiger partial charge in [-0.15, -0.1) is 0 Å². The number of likely N-dealkylation sites (tertiary alicyclic amines) is 1. The van der Waals surface area contributed by atoms with E-state index < -0.39 is 0 Å². The van der Waals surface area contributed by atoms with Gasteiger partial charge in [0.1, 0.15) is 0 Å². The Kier molecular flexibility index (Phi) is 5.84. The number of fused-ring (bicyclic) bond motifs is 1. The number of nitrogens with zero attached hydrogens (tertiary/aromatic N) is 2. The van der Waals surface area contributed by atoms with E-state index in [1.165, 1.54) is 63.0 Å². The van der Waals surface area contributed by atoms with Gasteiger partial charge in [-0.05, 0) is 68.8 Å². The highest BCUT2D eigenvalue weighted by molar-refractivity contribution is 5.76. The minimum absolute atomic E-state index is 0.225. The molecule has 4 nitrogen and oxygen atoms in total. The van der Waals surface area contributed by atoms with E-state index in [2.05, 4.69) is 39.4 Å². The number of carbonyl (C=O) groups is 1. The van der Waals surface area contributed by atoms with E-state index in [0.29, 0.717) is 12.3 Å². The first-order chi connectivity index (χ1) is 13.2. The summed E-state index contributed by atoms with van der Waals surface area (Å²) in [7, 11) is 0. The Morgan fingerprint density at radius 2 is 1.96 bits per heavy atom. The summed E-state index contributed by atoms with van der Waals surface area (Å²) in [6.07, 6.45) is 6.87. The molecule has 1 aromatic rings. The van der Waals surface area contributed by atoms with Crippen LogP contribution in [0.2, 0.25) is 0 Å². The molecular formula is C23H35N3O. The maximum absolute atomic E-state index is 12.7. The van der Waals surface area contributed by atoms with Gasteiger partial charge in [0.05, 0.1) is 0 Å². The van der Waals surface area contributed by atoms with E-state index in [0.717, 1.165) is 32.0 Å². The van der Waals surface area contributed by atoms with Crippen LogP contribution in [0.3, 0.4) is 0 Å². The fraction of sp³-hybridized carbons (Fsp3) is 0.696. The minimum Gasteiger partial charge on any atom is -0.338 e. The molecule has 3 heterocycles. The lowest BCUT2D eigenvalue weighted by molar-refractivity contribution is -0.133. The van der Waals surface area contributed by atoms with Crippen molar-refractivity contribution in [2.75, 3.05) is 39.3 Å². The van der Waals surface area contributed by atoms with Gasteiger partial charge in [0.2, 0.25) is 5.91 Å². The molecule has 1 N–H and O–H groups in total. The van der Waals surface area contributed by atoms with E-state index in [1.807, 2.05) is 6.92 Å². The lowest BCUT2D eigenvalue weighted by atomic mass is 9.74. The van der Waals surface area contributed by atoms with Gasteiger partial charge in [-0.1, -0.05) is 31.2 Å². The smallest absolute Gasteiger partial charge is 0.222 e. The highest BCUT2D eigenvalue weighted by atomic mass is 16.2. The van der Waals surface area contributed by atoms with Crippen LogP contribution >= 0.6 is 0 Å². The summed E-state index contributed by atoms with van der Waals surface area (Å²) in [6, 6.07) is 8.80. The summed E-state index contributed by atoms with van der Waals surface area (Å²) in [5, 5.41) is 3.49. The van der Waals surface area contributed by atoms with Gasteiger partial charge in [-0.25, -0.2) is 0 Å². The molecule has 4 rings (SSSR count). The van der Waals surface area contributed by atoms with Gasteiger partial charge >= 0.3 is 0 Å². The molecule has 1 aromatic carbocycles. The number of piperidine rings is 2. The molecule has 1 amide bonds. The number of carbonyl (C=O) groups excluding carboxylic acids is 1. The van der Waals surface area contributed by atoms with Gasteiger partial charge < -0.3 is 15.1 Å². The topological polar surface area (TPSA) is 35.6 Å². The summed E-state index contributed by atoms with van der Waals surface area (Å²) in [6.45, 7) is 9.69. The zero-order valence-corrected chi connectivity index (χ0v) is 16.9. The molecular weight excluding hydrogens is 334 g/mol. The standard InChI is InChI=1S/C23H35N3O/c1-2-22(27)26-16-21-7-4-3-6-20(21)14-23(18-26)10-5-13-25(17-23)15-19-8-11-24-12-9-19/h3-4,6-7,19,24H,2,5,8-18H2,1H3. The molecule has 2 fully saturated rings. The molecule has 0 bridgehead atoms. The Bertz CT molecular complexity index is 655. The predicted octanol–water partition coefficient (Wildman–Crippen LogP) is 3.06. The quantitative estimate of drug-likeness (QED) is 0.889. The predicted molar refractivity (Wildman–Crippen MR) is 110 cm³/mol. The molecule has 148 valence electrons. The average molecular weight is 370 g/mol. The molecule has 2 saturated heterocycles. The number of amides is 1. The van der Waals surface area contributed by atoms with Gasteiger partial charge in [-0.2, -0.15) is 0 Å². The van der Waals surface area contributed by atoms with Crippen molar-refractivity contribution in [1.29, 1.82) is 0 Å². The van der Waals surface area contributed by atoms with Gasteiger partial charge in [0, 0.05) is 38.0 Å². The largest absolute Gasteiger partial charge is 0.338 e. The van der Waals surface area contributed by atoms with Crippen LogP contribution in [0.1, 0.15) is 50.2 Å². The fourth-order valence-electron chi connectivity index (χ4n) is 5.58. The monoisotopic (exact) mass is 369 g/mol. The zero-order valence-electron chi connectivity index (χ0n) is 16.9. The number of benzene rings is 1. The van der Waals surface area contributed by atoms with Crippen LogP contribution in [0.15, 0.2) is 24.3 Å². The highest BCUT2D eigenvalue weighted by Gasteiger charge is 2.40. The molecule has 3 aliphatic rings. The SMILES string of the molecule is CCC(=O)N1Cc2ccccc2CC2(CCCN(CC3CCNCC3)C2)C1. The van der Waals surface area contributed by atoms with Crippen molar-refractivity contribution >= 4 is 5.91 Å². The lowest BCUT2D eigenvalue weighted by Crippen LogP contribution is -2.51. The van der Waals surface area contributed by atoms with E-state index in [4.69, 9.17) is 0 Å². The average Bonchev–Trinajstić information content (AvgIpc) is 2.84. The highest BCUT2D eigenvalue weighted by Crippen LogP contribution is 2.39. The second-order valence-corrected chi connectivity index (χ2v) is 9.08. The number of rotatable bonds is 3. The van der Waals surface area contributed by atoms with Crippen molar-refractivity contribution in [3.63, 3.8) is 0 Å². The summed E-state index contributed by atoms with van der Waals surface area (Å²) < 4.78 is 0. The van der Waals surface area contributed by atoms with Crippen molar-refractivity contribution in [3.05, 3.63) is 35.4 Å². The molecule has 0 aliphatic carbocycles. The van der Waals surface area contributed by atoms with E-state index in [9.17, 15) is 4.79 Å². The first kappa shape index (κ1) is 18.9. The maximum atomic E-state index is 12.7. The molecule has 1 spiro atoms. The fourth-order valence-corrected chi connectivity index (χ4v) is 5.58. The van der Waals surface area contributed by atoms with Crippen LogP contribution in [-0.2, 0) is 17.8 Å². The summed E-state index contributed by atoms with van der Waals surface area (Å²) >= 11 is 0. The molecule has 27 heavy (non-hydrogen) atoms. The van der Waals surface area contributed by atoms with E-state index >= 15 is 0 Å². The van der Waals surface area contributed by atoms with Gasteiger partial charge in [0.15, 0.2) is 0 Å². The molecule has 1 unspecified atom stereocenters. The Morgan fingerprint density at radius 3 is 2.74 bits per heavy atom. The molecule has 0 aromatic heterocycles. The molecule has 3 aliphatic heterocycles. The Hall–Kier alpha value is -1.39. The first-order valence-electron chi connectivity index (χ1n) is 11.0. The van der Waals surface area contributed by atoms with Gasteiger partial charge in [0.25, 0.3) is 0 Å². The Morgan fingerprint density at radius 1 is 1.19 bits per heavy atom. The molecule has 0 radical (unpaired) electrons. The van der Waals surface area contributed by atoms with Crippen LogP contribution in [0, 0.1) is 11.3 Å². The molecule has 4 heteroatoms. The van der Waals surface area contributed by atoms with Crippen LogP contribution in [0.25, 0.3) is 0 Å². The maximum Gasteiger partial charge on any atom is 0.222 e. The van der Waals surface area contributed by atoms with Crippen LogP contribution in [0.4, 0.5) is 0 Å².